The van der Waals surface area contributed by atoms with E-state index >= 15 is 0 Å². The van der Waals surface area contributed by atoms with Crippen LogP contribution in [-0.2, 0) is 9.63 Å². The number of nitrogens with two attached hydrogens (primary N) is 1. The number of benzene rings is 1. The van der Waals surface area contributed by atoms with Crippen LogP contribution in [0.15, 0.2) is 18.2 Å². The third kappa shape index (κ3) is 3.34. The van der Waals surface area contributed by atoms with Gasteiger partial charge in [-0.2, -0.15) is 5.06 Å². The lowest BCUT2D eigenvalue weighted by Gasteiger charge is -2.35. The molecule has 4 nitrogen and oxygen atoms in total. The molecule has 0 aliphatic carbocycles. The largest absolute Gasteiger partial charge is 0.367 e. The molecule has 0 radical (unpaired) electrons. The Morgan fingerprint density at radius 2 is 1.86 bits per heavy atom. The van der Waals surface area contributed by atoms with Gasteiger partial charge < -0.3 is 5.73 Å². The van der Waals surface area contributed by atoms with Gasteiger partial charge in [0.25, 0.3) is 5.91 Å². The van der Waals surface area contributed by atoms with Crippen LogP contribution in [0.1, 0.15) is 45.7 Å². The first-order chi connectivity index (χ1) is 9.53. The molecular weight excluding hydrogens is 311 g/mol. The molecule has 1 heterocycles. The van der Waals surface area contributed by atoms with Crippen molar-refractivity contribution in [1.29, 1.82) is 0 Å². The van der Waals surface area contributed by atoms with E-state index in [0.29, 0.717) is 16.5 Å². The molecule has 1 aliphatic rings. The predicted octanol–water partition coefficient (Wildman–Crippen LogP) is 3.71. The first-order valence-corrected chi connectivity index (χ1v) is 7.53. The zero-order valence-corrected chi connectivity index (χ0v) is 14.1. The van der Waals surface area contributed by atoms with Crippen molar-refractivity contribution >= 4 is 29.1 Å². The smallest absolute Gasteiger partial charge is 0.251 e. The molecule has 0 aromatic heterocycles. The van der Waals surface area contributed by atoms with Crippen molar-refractivity contribution in [3.05, 3.63) is 33.8 Å². The van der Waals surface area contributed by atoms with Gasteiger partial charge in [0, 0.05) is 22.0 Å². The van der Waals surface area contributed by atoms with Crippen LogP contribution in [0.5, 0.6) is 0 Å². The van der Waals surface area contributed by atoms with Gasteiger partial charge in [-0.25, -0.2) is 0 Å². The number of hydrogen-bond donors (Lipinski definition) is 1. The van der Waals surface area contributed by atoms with E-state index in [2.05, 4.69) is 0 Å². The summed E-state index contributed by atoms with van der Waals surface area (Å²) in [5.41, 5.74) is 5.07. The second-order valence-corrected chi connectivity index (χ2v) is 7.48. The highest BCUT2D eigenvalue weighted by molar-refractivity contribution is 6.34. The van der Waals surface area contributed by atoms with Gasteiger partial charge in [-0.15, -0.1) is 0 Å². The molecule has 1 aromatic rings. The van der Waals surface area contributed by atoms with Gasteiger partial charge >= 0.3 is 0 Å². The number of primary amides is 1. The van der Waals surface area contributed by atoms with Crippen LogP contribution in [0, 0.1) is 0 Å². The first-order valence-electron chi connectivity index (χ1n) is 6.77. The lowest BCUT2D eigenvalue weighted by Crippen LogP contribution is -2.45. The number of halogens is 2. The van der Waals surface area contributed by atoms with E-state index in [4.69, 9.17) is 33.8 Å². The van der Waals surface area contributed by atoms with E-state index in [1.165, 1.54) is 0 Å². The number of hydrogen-bond acceptors (Lipinski definition) is 3. The minimum atomic E-state index is -1.03. The maximum Gasteiger partial charge on any atom is 0.251 e. The number of carbonyl (C=O) groups excluding carboxylic acids is 1. The lowest BCUT2D eigenvalue weighted by atomic mass is 9.92. The van der Waals surface area contributed by atoms with Crippen LogP contribution < -0.4 is 5.73 Å². The van der Waals surface area contributed by atoms with Crippen molar-refractivity contribution in [2.24, 2.45) is 5.73 Å². The van der Waals surface area contributed by atoms with Crippen molar-refractivity contribution in [3.63, 3.8) is 0 Å². The van der Waals surface area contributed by atoms with Gasteiger partial charge in [-0.1, -0.05) is 23.2 Å². The molecule has 1 saturated heterocycles. The fourth-order valence-corrected chi connectivity index (χ4v) is 3.08. The Labute approximate surface area is 135 Å². The molecule has 1 aliphatic heterocycles. The molecule has 0 spiro atoms. The van der Waals surface area contributed by atoms with E-state index < -0.39 is 11.5 Å². The highest BCUT2D eigenvalue weighted by Crippen LogP contribution is 2.45. The van der Waals surface area contributed by atoms with Crippen LogP contribution in [-0.4, -0.2) is 22.1 Å². The maximum atomic E-state index is 11.7. The number of carbonyl (C=O) groups is 1. The summed E-state index contributed by atoms with van der Waals surface area (Å²) < 4.78 is 0. The number of nitrogens with zero attached hydrogens (tertiary/aromatic N) is 1. The fraction of sp³-hybridized carbons (Fsp3) is 0.533. The summed E-state index contributed by atoms with van der Waals surface area (Å²) in [4.78, 5) is 17.6. The minimum Gasteiger partial charge on any atom is -0.367 e. The van der Waals surface area contributed by atoms with Gasteiger partial charge in [-0.3, -0.25) is 9.63 Å². The van der Waals surface area contributed by atoms with Crippen LogP contribution in [0.25, 0.3) is 0 Å². The van der Waals surface area contributed by atoms with Gasteiger partial charge in [0.15, 0.2) is 5.60 Å². The normalized spacial score (nSPS) is 27.0. The topological polar surface area (TPSA) is 55.6 Å². The minimum absolute atomic E-state index is 0.140. The summed E-state index contributed by atoms with van der Waals surface area (Å²) in [5.74, 6) is -0.479. The van der Waals surface area contributed by atoms with Crippen LogP contribution in [0.3, 0.4) is 0 Å². The molecular formula is C15H20Cl2N2O2. The van der Waals surface area contributed by atoms with E-state index in [1.807, 2.05) is 32.9 Å². The van der Waals surface area contributed by atoms with Gasteiger partial charge in [0.1, 0.15) is 0 Å². The average Bonchev–Trinajstić information content (AvgIpc) is 2.67. The highest BCUT2D eigenvalue weighted by Gasteiger charge is 2.50. The summed E-state index contributed by atoms with van der Waals surface area (Å²) >= 11 is 12.2. The standard InChI is InChI=1S/C15H20Cl2N2O2/c1-14(2,3)19-12(8-15(4,21-19)13(18)20)9-5-10(16)7-11(17)6-9/h5-7,12H,8H2,1-4H3,(H2,18,20). The Kier molecular flexibility index (Phi) is 4.28. The van der Waals surface area contributed by atoms with Crippen molar-refractivity contribution in [1.82, 2.24) is 5.06 Å². The predicted molar refractivity (Wildman–Crippen MR) is 84.1 cm³/mol. The SMILES string of the molecule is CC1(C(N)=O)CC(c2cc(Cl)cc(Cl)c2)N(C(C)(C)C)O1. The summed E-state index contributed by atoms with van der Waals surface area (Å²) in [6.45, 7) is 7.75. The fourth-order valence-electron chi connectivity index (χ4n) is 2.54. The Hall–Kier alpha value is -0.810. The molecule has 6 heteroatoms. The third-order valence-electron chi connectivity index (χ3n) is 3.62. The number of amides is 1. The molecule has 0 bridgehead atoms. The van der Waals surface area contributed by atoms with E-state index in [9.17, 15) is 4.79 Å². The van der Waals surface area contributed by atoms with Crippen molar-refractivity contribution < 1.29 is 9.63 Å². The van der Waals surface area contributed by atoms with Crippen molar-refractivity contribution in [2.45, 2.75) is 51.3 Å². The van der Waals surface area contributed by atoms with Gasteiger partial charge in [0.05, 0.1) is 6.04 Å². The average molecular weight is 331 g/mol. The number of rotatable bonds is 2. The highest BCUT2D eigenvalue weighted by atomic mass is 35.5. The molecule has 2 N–H and O–H groups in total. The van der Waals surface area contributed by atoms with E-state index in [-0.39, 0.29) is 11.6 Å². The quantitative estimate of drug-likeness (QED) is 0.899. The van der Waals surface area contributed by atoms with Crippen LogP contribution in [0.4, 0.5) is 0 Å². The van der Waals surface area contributed by atoms with Crippen molar-refractivity contribution in [2.75, 3.05) is 0 Å². The van der Waals surface area contributed by atoms with Gasteiger partial charge in [-0.05, 0) is 51.5 Å². The molecule has 116 valence electrons. The molecule has 1 fully saturated rings. The molecule has 2 atom stereocenters. The van der Waals surface area contributed by atoms with Crippen LogP contribution >= 0.6 is 23.2 Å². The summed E-state index contributed by atoms with van der Waals surface area (Å²) in [5, 5.41) is 2.91. The molecule has 21 heavy (non-hydrogen) atoms. The van der Waals surface area contributed by atoms with Crippen LogP contribution in [0.2, 0.25) is 10.0 Å². The van der Waals surface area contributed by atoms with Gasteiger partial charge in [0.2, 0.25) is 0 Å². The molecule has 2 unspecified atom stereocenters. The van der Waals surface area contributed by atoms with E-state index in [0.717, 1.165) is 5.56 Å². The zero-order valence-electron chi connectivity index (χ0n) is 12.6. The number of hydroxylamine groups is 2. The Bertz CT molecular complexity index is 551. The Balaban J connectivity index is 2.46. The lowest BCUT2D eigenvalue weighted by molar-refractivity contribution is -0.238. The molecule has 1 amide bonds. The van der Waals surface area contributed by atoms with Crippen molar-refractivity contribution in [3.8, 4) is 0 Å². The molecule has 1 aromatic carbocycles. The summed E-state index contributed by atoms with van der Waals surface area (Å²) in [6, 6.07) is 5.22. The molecule has 2 rings (SSSR count). The summed E-state index contributed by atoms with van der Waals surface area (Å²) in [6.07, 6.45) is 0.455. The third-order valence-corrected chi connectivity index (χ3v) is 4.05. The molecule has 0 saturated carbocycles. The maximum absolute atomic E-state index is 11.7. The Morgan fingerprint density at radius 1 is 1.33 bits per heavy atom. The monoisotopic (exact) mass is 330 g/mol. The first kappa shape index (κ1) is 16.6. The van der Waals surface area contributed by atoms with E-state index in [1.54, 1.807) is 18.1 Å². The zero-order chi connectivity index (χ0) is 16.0. The Morgan fingerprint density at radius 3 is 2.29 bits per heavy atom. The second kappa shape index (κ2) is 5.43. The second-order valence-electron chi connectivity index (χ2n) is 6.61. The summed E-state index contributed by atoms with van der Waals surface area (Å²) in [7, 11) is 0.